The number of aliphatic hydroxyl groups is 2. The Morgan fingerprint density at radius 1 is 1.25 bits per heavy atom. The van der Waals surface area contributed by atoms with Crippen molar-refractivity contribution >= 4 is 11.7 Å². The number of rotatable bonds is 1. The van der Waals surface area contributed by atoms with Crippen molar-refractivity contribution in [2.45, 2.75) is 26.1 Å². The minimum absolute atomic E-state index is 0.0208. The third-order valence-corrected chi connectivity index (χ3v) is 3.36. The number of nitrogens with zero attached hydrogens (tertiary/aromatic N) is 5. The summed E-state index contributed by atoms with van der Waals surface area (Å²) in [7, 11) is 0. The van der Waals surface area contributed by atoms with E-state index in [1.807, 2.05) is 19.9 Å². The molecule has 0 spiro atoms. The second-order valence-corrected chi connectivity index (χ2v) is 5.03. The van der Waals surface area contributed by atoms with Gasteiger partial charge in [-0.2, -0.15) is 4.98 Å². The van der Waals surface area contributed by atoms with Gasteiger partial charge in [-0.15, -0.1) is 5.10 Å². The van der Waals surface area contributed by atoms with Gasteiger partial charge in [-0.1, -0.05) is 0 Å². The minimum Gasteiger partial charge on any atom is -0.388 e. The van der Waals surface area contributed by atoms with Crippen molar-refractivity contribution in [1.82, 2.24) is 24.5 Å². The van der Waals surface area contributed by atoms with Crippen molar-refractivity contribution in [2.24, 2.45) is 0 Å². The molecule has 3 heterocycles. The molecule has 0 unspecified atom stereocenters. The van der Waals surface area contributed by atoms with Gasteiger partial charge in [0.1, 0.15) is 0 Å². The summed E-state index contributed by atoms with van der Waals surface area (Å²) in [5.41, 5.74) is 1.63. The molecule has 0 radical (unpaired) electrons. The lowest BCUT2D eigenvalue weighted by Crippen LogP contribution is -2.30. The average molecular weight is 277 g/mol. The van der Waals surface area contributed by atoms with Crippen LogP contribution in [0.5, 0.6) is 0 Å². The number of carbonyl (C=O) groups excluding carboxylic acids is 1. The van der Waals surface area contributed by atoms with E-state index in [1.165, 1.54) is 9.42 Å². The summed E-state index contributed by atoms with van der Waals surface area (Å²) >= 11 is 0. The zero-order valence-electron chi connectivity index (χ0n) is 11.2. The van der Waals surface area contributed by atoms with Crippen molar-refractivity contribution in [3.63, 3.8) is 0 Å². The van der Waals surface area contributed by atoms with E-state index in [0.717, 1.165) is 11.4 Å². The number of likely N-dealkylation sites (tertiary alicyclic amines) is 1. The first-order valence-corrected chi connectivity index (χ1v) is 6.32. The Balaban J connectivity index is 1.95. The fraction of sp³-hybridized carbons (Fsp3) is 0.500. The van der Waals surface area contributed by atoms with Crippen molar-refractivity contribution in [1.29, 1.82) is 0 Å². The fourth-order valence-corrected chi connectivity index (χ4v) is 2.33. The molecule has 1 aliphatic rings. The molecule has 20 heavy (non-hydrogen) atoms. The van der Waals surface area contributed by atoms with Crippen LogP contribution in [0.3, 0.4) is 0 Å². The van der Waals surface area contributed by atoms with Crippen molar-refractivity contribution < 1.29 is 15.0 Å². The second kappa shape index (κ2) is 4.50. The third-order valence-electron chi connectivity index (χ3n) is 3.36. The van der Waals surface area contributed by atoms with Crippen LogP contribution >= 0.6 is 0 Å². The Labute approximate surface area is 114 Å². The van der Waals surface area contributed by atoms with E-state index in [0.29, 0.717) is 5.78 Å². The molecule has 2 atom stereocenters. The molecule has 106 valence electrons. The lowest BCUT2D eigenvalue weighted by atomic mass is 10.3. The Morgan fingerprint density at radius 2 is 1.90 bits per heavy atom. The number of aromatic nitrogens is 4. The van der Waals surface area contributed by atoms with Gasteiger partial charge >= 0.3 is 0 Å². The maximum absolute atomic E-state index is 12.2. The molecule has 3 rings (SSSR count). The van der Waals surface area contributed by atoms with Crippen LogP contribution in [0.15, 0.2) is 6.07 Å². The molecular weight excluding hydrogens is 262 g/mol. The Morgan fingerprint density at radius 3 is 2.55 bits per heavy atom. The Bertz CT molecular complexity index is 673. The van der Waals surface area contributed by atoms with Crippen LogP contribution in [-0.2, 0) is 0 Å². The molecule has 0 aromatic carbocycles. The minimum atomic E-state index is -0.918. The van der Waals surface area contributed by atoms with E-state index in [1.54, 1.807) is 0 Å². The molecule has 2 N–H and O–H groups in total. The number of hydrogen-bond acceptors (Lipinski definition) is 6. The van der Waals surface area contributed by atoms with E-state index in [-0.39, 0.29) is 18.9 Å². The number of aryl methyl sites for hydroxylation is 2. The van der Waals surface area contributed by atoms with Crippen molar-refractivity contribution in [2.75, 3.05) is 13.1 Å². The lowest BCUT2D eigenvalue weighted by Gasteiger charge is -2.12. The largest absolute Gasteiger partial charge is 0.388 e. The highest BCUT2D eigenvalue weighted by Gasteiger charge is 2.34. The van der Waals surface area contributed by atoms with Gasteiger partial charge in [0.25, 0.3) is 11.7 Å². The van der Waals surface area contributed by atoms with Crippen LogP contribution in [0.2, 0.25) is 0 Å². The number of aliphatic hydroxyl groups excluding tert-OH is 2. The van der Waals surface area contributed by atoms with Gasteiger partial charge in [0, 0.05) is 24.5 Å². The summed E-state index contributed by atoms with van der Waals surface area (Å²) in [6.45, 7) is 3.87. The van der Waals surface area contributed by atoms with Crippen LogP contribution in [0.1, 0.15) is 22.0 Å². The number of amides is 1. The van der Waals surface area contributed by atoms with Crippen LogP contribution in [0.25, 0.3) is 5.78 Å². The van der Waals surface area contributed by atoms with Gasteiger partial charge in [-0.3, -0.25) is 4.79 Å². The molecule has 1 saturated heterocycles. The first kappa shape index (κ1) is 12.9. The van der Waals surface area contributed by atoms with Crippen LogP contribution in [0.4, 0.5) is 0 Å². The molecule has 0 bridgehead atoms. The highest BCUT2D eigenvalue weighted by molar-refractivity contribution is 5.91. The summed E-state index contributed by atoms with van der Waals surface area (Å²) in [5, 5.41) is 23.1. The van der Waals surface area contributed by atoms with Crippen LogP contribution < -0.4 is 0 Å². The van der Waals surface area contributed by atoms with Gasteiger partial charge in [-0.05, 0) is 19.9 Å². The lowest BCUT2D eigenvalue weighted by molar-refractivity contribution is 0.0572. The van der Waals surface area contributed by atoms with Gasteiger partial charge < -0.3 is 15.1 Å². The highest BCUT2D eigenvalue weighted by Crippen LogP contribution is 2.13. The molecule has 0 aliphatic carbocycles. The van der Waals surface area contributed by atoms with E-state index in [4.69, 9.17) is 0 Å². The van der Waals surface area contributed by atoms with Gasteiger partial charge in [0.15, 0.2) is 0 Å². The summed E-state index contributed by atoms with van der Waals surface area (Å²) in [6.07, 6.45) is -1.84. The zero-order chi connectivity index (χ0) is 14.4. The molecule has 8 heteroatoms. The summed E-state index contributed by atoms with van der Waals surface area (Å²) in [4.78, 5) is 21.9. The molecule has 8 nitrogen and oxygen atoms in total. The smallest absolute Gasteiger partial charge is 0.293 e. The van der Waals surface area contributed by atoms with E-state index >= 15 is 0 Å². The number of β-amino-alcohol motifs (C(OH)–C–C–N with tert-alkyl or cyclic N) is 2. The number of carbonyl (C=O) groups is 1. The number of fused-ring (bicyclic) bond motifs is 1. The van der Waals surface area contributed by atoms with Gasteiger partial charge in [0.05, 0.1) is 12.2 Å². The van der Waals surface area contributed by atoms with E-state index in [9.17, 15) is 15.0 Å². The van der Waals surface area contributed by atoms with Crippen molar-refractivity contribution in [3.05, 3.63) is 23.3 Å². The topological polar surface area (TPSA) is 104 Å². The maximum Gasteiger partial charge on any atom is 0.293 e. The van der Waals surface area contributed by atoms with Crippen molar-refractivity contribution in [3.8, 4) is 0 Å². The second-order valence-electron chi connectivity index (χ2n) is 5.03. The quantitative estimate of drug-likeness (QED) is 0.687. The van der Waals surface area contributed by atoms with Gasteiger partial charge in [0.2, 0.25) is 5.82 Å². The van der Waals surface area contributed by atoms with E-state index in [2.05, 4.69) is 15.1 Å². The van der Waals surface area contributed by atoms with Crippen LogP contribution in [0, 0.1) is 13.8 Å². The van der Waals surface area contributed by atoms with Gasteiger partial charge in [-0.25, -0.2) is 9.50 Å². The Hall–Kier alpha value is -2.06. The highest BCUT2D eigenvalue weighted by atomic mass is 16.3. The Kier molecular flexibility index (Phi) is 2.91. The SMILES string of the molecule is Cc1cc(C)n2nc(C(=O)N3C[C@@H](O)[C@@H](O)C3)nc2n1. The van der Waals surface area contributed by atoms with Crippen LogP contribution in [-0.4, -0.2) is 65.9 Å². The summed E-state index contributed by atoms with van der Waals surface area (Å²) in [6, 6.07) is 1.85. The standard InChI is InChI=1S/C12H15N5O3/c1-6-3-7(2)17-12(13-6)14-10(15-17)11(20)16-4-8(18)9(19)5-16/h3,8-9,18-19H,4-5H2,1-2H3/t8-,9+. The molecule has 2 aromatic heterocycles. The predicted molar refractivity (Wildman–Crippen MR) is 68.2 cm³/mol. The molecule has 1 fully saturated rings. The molecule has 1 amide bonds. The number of hydrogen-bond donors (Lipinski definition) is 2. The summed E-state index contributed by atoms with van der Waals surface area (Å²) in [5.74, 6) is -0.0261. The maximum atomic E-state index is 12.2. The first-order chi connectivity index (χ1) is 9.45. The average Bonchev–Trinajstić information content (AvgIpc) is 2.93. The van der Waals surface area contributed by atoms with E-state index < -0.39 is 18.1 Å². The normalized spacial score (nSPS) is 22.7. The predicted octanol–water partition coefficient (Wildman–Crippen LogP) is -1.08. The molecule has 0 saturated carbocycles. The monoisotopic (exact) mass is 277 g/mol. The first-order valence-electron chi connectivity index (χ1n) is 6.32. The summed E-state index contributed by atoms with van der Waals surface area (Å²) < 4.78 is 1.50. The molecule has 1 aliphatic heterocycles. The molecular formula is C12H15N5O3. The molecule has 2 aromatic rings. The fourth-order valence-electron chi connectivity index (χ4n) is 2.33. The zero-order valence-corrected chi connectivity index (χ0v) is 11.2. The third kappa shape index (κ3) is 2.02.